The number of thiophene rings is 2. The van der Waals surface area contributed by atoms with E-state index in [0.717, 1.165) is 15.4 Å². The molecule has 0 spiro atoms. The molecule has 8 heteroatoms. The molecule has 0 aliphatic carbocycles. The summed E-state index contributed by atoms with van der Waals surface area (Å²) >= 11 is 4.54. The van der Waals surface area contributed by atoms with E-state index in [1.165, 1.54) is 22.7 Å². The molecule has 0 bridgehead atoms. The van der Waals surface area contributed by atoms with Gasteiger partial charge in [-0.1, -0.05) is 12.1 Å². The van der Waals surface area contributed by atoms with Crippen LogP contribution < -0.4 is 5.32 Å². The number of thiazole rings is 1. The van der Waals surface area contributed by atoms with Gasteiger partial charge in [0, 0.05) is 24.4 Å². The third-order valence-electron chi connectivity index (χ3n) is 4.39. The molecule has 1 fully saturated rings. The first-order valence-electron chi connectivity index (χ1n) is 8.34. The molecule has 5 nitrogen and oxygen atoms in total. The number of likely N-dealkylation sites (tertiary alicyclic amines) is 1. The van der Waals surface area contributed by atoms with Crippen LogP contribution >= 0.6 is 34.0 Å². The Morgan fingerprint density at radius 1 is 1.08 bits per heavy atom. The van der Waals surface area contributed by atoms with Gasteiger partial charge < -0.3 is 10.2 Å². The first-order valence-corrected chi connectivity index (χ1v) is 11.0. The number of hydrogen-bond donors (Lipinski definition) is 1. The first-order chi connectivity index (χ1) is 12.7. The van der Waals surface area contributed by atoms with Gasteiger partial charge in [0.05, 0.1) is 15.4 Å². The van der Waals surface area contributed by atoms with Crippen molar-refractivity contribution in [2.75, 3.05) is 18.4 Å². The van der Waals surface area contributed by atoms with E-state index < -0.39 is 0 Å². The van der Waals surface area contributed by atoms with Crippen LogP contribution in [0.2, 0.25) is 0 Å². The van der Waals surface area contributed by atoms with E-state index in [0.29, 0.717) is 31.1 Å². The van der Waals surface area contributed by atoms with Gasteiger partial charge in [-0.05, 0) is 35.7 Å². The topological polar surface area (TPSA) is 62.3 Å². The van der Waals surface area contributed by atoms with E-state index in [1.54, 1.807) is 11.3 Å². The molecule has 0 aromatic carbocycles. The van der Waals surface area contributed by atoms with Gasteiger partial charge in [-0.15, -0.1) is 34.0 Å². The van der Waals surface area contributed by atoms with Crippen LogP contribution in [0.25, 0.3) is 10.6 Å². The fraction of sp³-hybridized carbons (Fsp3) is 0.278. The van der Waals surface area contributed by atoms with Crippen molar-refractivity contribution in [3.8, 4) is 10.6 Å². The number of hydrogen-bond acceptors (Lipinski definition) is 6. The normalized spacial score (nSPS) is 15.2. The molecule has 0 unspecified atom stereocenters. The number of rotatable bonds is 4. The first kappa shape index (κ1) is 17.4. The van der Waals surface area contributed by atoms with E-state index in [-0.39, 0.29) is 17.7 Å². The predicted molar refractivity (Wildman–Crippen MR) is 107 cm³/mol. The summed E-state index contributed by atoms with van der Waals surface area (Å²) < 4.78 is 0. The second-order valence-electron chi connectivity index (χ2n) is 6.05. The monoisotopic (exact) mass is 403 g/mol. The second-order valence-corrected chi connectivity index (χ2v) is 8.80. The molecule has 134 valence electrons. The summed E-state index contributed by atoms with van der Waals surface area (Å²) in [5, 5.41) is 9.45. The van der Waals surface area contributed by atoms with Crippen LogP contribution in [0, 0.1) is 5.92 Å². The standard InChI is InChI=1S/C18H17N3O2S3/c22-16(20-18-19-13(11-26-18)14-3-1-9-24-14)12-5-7-21(8-6-12)17(23)15-4-2-10-25-15/h1-4,9-12H,5-8H2,(H,19,20,22). The van der Waals surface area contributed by atoms with Crippen molar-refractivity contribution in [2.45, 2.75) is 12.8 Å². The van der Waals surface area contributed by atoms with Gasteiger partial charge in [-0.3, -0.25) is 9.59 Å². The Morgan fingerprint density at radius 3 is 2.54 bits per heavy atom. The zero-order valence-corrected chi connectivity index (χ0v) is 16.3. The van der Waals surface area contributed by atoms with Crippen LogP contribution in [0.3, 0.4) is 0 Å². The van der Waals surface area contributed by atoms with Gasteiger partial charge in [-0.25, -0.2) is 4.98 Å². The Hall–Kier alpha value is -2.03. The Morgan fingerprint density at radius 2 is 1.85 bits per heavy atom. The minimum atomic E-state index is -0.0727. The highest BCUT2D eigenvalue weighted by atomic mass is 32.1. The van der Waals surface area contributed by atoms with Crippen molar-refractivity contribution in [2.24, 2.45) is 5.92 Å². The van der Waals surface area contributed by atoms with E-state index in [2.05, 4.69) is 10.3 Å². The Labute approximate surface area is 163 Å². The number of aromatic nitrogens is 1. The number of carbonyl (C=O) groups is 2. The van der Waals surface area contributed by atoms with E-state index in [1.807, 2.05) is 45.3 Å². The van der Waals surface area contributed by atoms with Gasteiger partial charge in [0.1, 0.15) is 0 Å². The van der Waals surface area contributed by atoms with Crippen LogP contribution in [-0.2, 0) is 4.79 Å². The number of carbonyl (C=O) groups excluding carboxylic acids is 2. The summed E-state index contributed by atoms with van der Waals surface area (Å²) in [5.74, 6) is -0.00357. The van der Waals surface area contributed by atoms with Crippen LogP contribution in [0.15, 0.2) is 40.4 Å². The summed E-state index contributed by atoms with van der Waals surface area (Å²) in [6.07, 6.45) is 1.37. The van der Waals surface area contributed by atoms with Crippen molar-refractivity contribution in [1.29, 1.82) is 0 Å². The second kappa shape index (κ2) is 7.69. The zero-order chi connectivity index (χ0) is 17.9. The molecular formula is C18H17N3O2S3. The minimum absolute atomic E-state index is 0.000280. The average Bonchev–Trinajstić information content (AvgIpc) is 3.42. The van der Waals surface area contributed by atoms with Crippen LogP contribution in [0.5, 0.6) is 0 Å². The predicted octanol–water partition coefficient (Wildman–Crippen LogP) is 4.42. The number of nitrogens with one attached hydrogen (secondary N) is 1. The fourth-order valence-electron chi connectivity index (χ4n) is 2.98. The lowest BCUT2D eigenvalue weighted by Crippen LogP contribution is -2.41. The lowest BCUT2D eigenvalue weighted by atomic mass is 9.96. The van der Waals surface area contributed by atoms with Crippen molar-refractivity contribution in [1.82, 2.24) is 9.88 Å². The Bertz CT molecular complexity index is 879. The molecule has 0 saturated carbocycles. The molecule has 4 rings (SSSR count). The number of nitrogens with zero attached hydrogens (tertiary/aromatic N) is 2. The van der Waals surface area contributed by atoms with Gasteiger partial charge in [0.2, 0.25) is 5.91 Å². The highest BCUT2D eigenvalue weighted by Crippen LogP contribution is 2.29. The molecule has 4 heterocycles. The zero-order valence-electron chi connectivity index (χ0n) is 13.9. The molecule has 3 aromatic rings. The molecule has 1 aliphatic rings. The van der Waals surface area contributed by atoms with Crippen LogP contribution in [-0.4, -0.2) is 34.8 Å². The Kier molecular flexibility index (Phi) is 5.14. The SMILES string of the molecule is O=C(Nc1nc(-c2cccs2)cs1)C1CCN(C(=O)c2cccs2)CC1. The maximum Gasteiger partial charge on any atom is 0.263 e. The summed E-state index contributed by atoms with van der Waals surface area (Å²) in [4.78, 5) is 33.1. The van der Waals surface area contributed by atoms with Crippen molar-refractivity contribution in [3.05, 3.63) is 45.3 Å². The molecule has 3 aromatic heterocycles. The largest absolute Gasteiger partial charge is 0.338 e. The minimum Gasteiger partial charge on any atom is -0.338 e. The van der Waals surface area contributed by atoms with Gasteiger partial charge in [-0.2, -0.15) is 0 Å². The molecule has 26 heavy (non-hydrogen) atoms. The summed E-state index contributed by atoms with van der Waals surface area (Å²) in [5.41, 5.74) is 0.900. The fourth-order valence-corrected chi connectivity index (χ4v) is 5.14. The number of anilines is 1. The van der Waals surface area contributed by atoms with Crippen molar-refractivity contribution < 1.29 is 9.59 Å². The molecule has 1 saturated heterocycles. The molecule has 0 radical (unpaired) electrons. The lowest BCUT2D eigenvalue weighted by Gasteiger charge is -2.30. The average molecular weight is 404 g/mol. The van der Waals surface area contributed by atoms with E-state index in [4.69, 9.17) is 0 Å². The third-order valence-corrected chi connectivity index (χ3v) is 6.90. The quantitative estimate of drug-likeness (QED) is 0.701. The maximum absolute atomic E-state index is 12.5. The third kappa shape index (κ3) is 3.72. The molecule has 2 amide bonds. The van der Waals surface area contributed by atoms with Gasteiger partial charge in [0.25, 0.3) is 5.91 Å². The summed E-state index contributed by atoms with van der Waals surface area (Å²) in [6, 6.07) is 7.74. The molecule has 1 aliphatic heterocycles. The number of amides is 2. The van der Waals surface area contributed by atoms with E-state index in [9.17, 15) is 9.59 Å². The summed E-state index contributed by atoms with van der Waals surface area (Å²) in [7, 11) is 0. The van der Waals surface area contributed by atoms with E-state index >= 15 is 0 Å². The maximum atomic E-state index is 12.5. The van der Waals surface area contributed by atoms with Crippen LogP contribution in [0.1, 0.15) is 22.5 Å². The lowest BCUT2D eigenvalue weighted by molar-refractivity contribution is -0.121. The van der Waals surface area contributed by atoms with Crippen LogP contribution in [0.4, 0.5) is 5.13 Å². The molecule has 1 N–H and O–H groups in total. The highest BCUT2D eigenvalue weighted by molar-refractivity contribution is 7.16. The number of piperidine rings is 1. The van der Waals surface area contributed by atoms with Gasteiger partial charge >= 0.3 is 0 Å². The highest BCUT2D eigenvalue weighted by Gasteiger charge is 2.28. The molecular weight excluding hydrogens is 386 g/mol. The molecule has 0 atom stereocenters. The van der Waals surface area contributed by atoms with Gasteiger partial charge in [0.15, 0.2) is 5.13 Å². The Balaban J connectivity index is 1.32. The summed E-state index contributed by atoms with van der Waals surface area (Å²) in [6.45, 7) is 1.24. The van der Waals surface area contributed by atoms with Crippen molar-refractivity contribution in [3.63, 3.8) is 0 Å². The smallest absolute Gasteiger partial charge is 0.263 e. The van der Waals surface area contributed by atoms with Crippen molar-refractivity contribution >= 4 is 51.0 Å².